The van der Waals surface area contributed by atoms with Gasteiger partial charge < -0.3 is 9.72 Å². The number of ether oxygens (including phenoxy) is 1. The molecule has 1 aliphatic heterocycles. The fourth-order valence-corrected chi connectivity index (χ4v) is 6.06. The molecule has 1 N–H and O–H groups in total. The number of benzene rings is 1. The van der Waals surface area contributed by atoms with Crippen LogP contribution in [0.2, 0.25) is 0 Å². The average Bonchev–Trinajstić information content (AvgIpc) is 3.55. The van der Waals surface area contributed by atoms with Crippen molar-refractivity contribution in [3.63, 3.8) is 0 Å². The number of esters is 1. The quantitative estimate of drug-likeness (QED) is 0.314. The molecule has 0 aliphatic carbocycles. The first kappa shape index (κ1) is 27.1. The van der Waals surface area contributed by atoms with Crippen molar-refractivity contribution in [3.05, 3.63) is 48.3 Å². The number of halogens is 3. The first-order valence-electron chi connectivity index (χ1n) is 12.1. The minimum absolute atomic E-state index is 0.187. The minimum atomic E-state index is -5.06. The number of carbonyl (C=O) groups is 1. The van der Waals surface area contributed by atoms with E-state index in [1.807, 2.05) is 12.1 Å². The first-order chi connectivity index (χ1) is 17.5. The van der Waals surface area contributed by atoms with E-state index in [9.17, 15) is 26.4 Å². The number of H-pyrrole nitrogens is 1. The van der Waals surface area contributed by atoms with Gasteiger partial charge in [0.25, 0.3) is 0 Å². The topological polar surface area (TPSA) is 95.6 Å². The Morgan fingerprint density at radius 1 is 1.16 bits per heavy atom. The summed E-state index contributed by atoms with van der Waals surface area (Å²) in [5.41, 5.74) is 2.90. The maximum absolute atomic E-state index is 12.8. The third kappa shape index (κ3) is 5.81. The molecule has 3 aromatic rings. The van der Waals surface area contributed by atoms with Crippen molar-refractivity contribution in [1.29, 1.82) is 0 Å². The van der Waals surface area contributed by atoms with Crippen LogP contribution in [0.1, 0.15) is 38.8 Å². The van der Waals surface area contributed by atoms with Crippen LogP contribution < -0.4 is 0 Å². The summed E-state index contributed by atoms with van der Waals surface area (Å²) in [6.07, 6.45) is -2.56. The van der Waals surface area contributed by atoms with E-state index in [4.69, 9.17) is 4.74 Å². The highest BCUT2D eigenvalue weighted by Crippen LogP contribution is 2.31. The molecule has 2 aromatic heterocycles. The number of fused-ring (bicyclic) bond motifs is 1. The Labute approximate surface area is 213 Å². The third-order valence-electron chi connectivity index (χ3n) is 6.47. The molecule has 37 heavy (non-hydrogen) atoms. The van der Waals surface area contributed by atoms with E-state index >= 15 is 0 Å². The monoisotopic (exact) mass is 538 g/mol. The fourth-order valence-electron chi connectivity index (χ4n) is 4.54. The normalized spacial score (nSPS) is 15.9. The Kier molecular flexibility index (Phi) is 7.91. The molecule has 0 saturated carbocycles. The van der Waals surface area contributed by atoms with Crippen LogP contribution in [-0.2, 0) is 26.1 Å². The molecular formula is C25H29F3N4O4S. The van der Waals surface area contributed by atoms with Crippen molar-refractivity contribution in [2.45, 2.75) is 57.0 Å². The van der Waals surface area contributed by atoms with E-state index in [1.165, 1.54) is 4.31 Å². The zero-order valence-corrected chi connectivity index (χ0v) is 21.4. The zero-order valence-electron chi connectivity index (χ0n) is 20.6. The summed E-state index contributed by atoms with van der Waals surface area (Å²) in [5, 5.41) is 0.782. The second-order valence-electron chi connectivity index (χ2n) is 8.88. The summed E-state index contributed by atoms with van der Waals surface area (Å²) in [4.78, 5) is 20.8. The maximum Gasteiger partial charge on any atom is 0.490 e. The van der Waals surface area contributed by atoms with Crippen LogP contribution in [0.5, 0.6) is 0 Å². The van der Waals surface area contributed by atoms with E-state index < -0.39 is 28.4 Å². The summed E-state index contributed by atoms with van der Waals surface area (Å²) in [5.74, 6) is -2.21. The summed E-state index contributed by atoms with van der Waals surface area (Å²) < 4.78 is 70.0. The molecule has 1 aromatic carbocycles. The van der Waals surface area contributed by atoms with Crippen LogP contribution in [0.4, 0.5) is 13.2 Å². The highest BCUT2D eigenvalue weighted by molar-refractivity contribution is 7.89. The van der Waals surface area contributed by atoms with Gasteiger partial charge in [0.05, 0.1) is 4.90 Å². The number of carbonyl (C=O) groups excluding carboxylic acids is 1. The minimum Gasteiger partial charge on any atom is -0.440 e. The van der Waals surface area contributed by atoms with E-state index in [1.54, 1.807) is 49.2 Å². The predicted molar refractivity (Wildman–Crippen MR) is 132 cm³/mol. The van der Waals surface area contributed by atoms with E-state index in [2.05, 4.69) is 9.97 Å². The number of rotatable bonds is 9. The number of aromatic amines is 1. The zero-order chi connectivity index (χ0) is 26.8. The molecule has 1 unspecified atom stereocenters. The van der Waals surface area contributed by atoms with Gasteiger partial charge in [-0.1, -0.05) is 26.0 Å². The fraction of sp³-hybridized carbons (Fsp3) is 0.440. The molecule has 1 saturated heterocycles. The number of hydrogen-bond donors (Lipinski definition) is 1. The lowest BCUT2D eigenvalue weighted by Crippen LogP contribution is -2.41. The van der Waals surface area contributed by atoms with Crippen LogP contribution >= 0.6 is 0 Å². The van der Waals surface area contributed by atoms with Crippen molar-refractivity contribution >= 4 is 27.0 Å². The largest absolute Gasteiger partial charge is 0.490 e. The van der Waals surface area contributed by atoms with Crippen LogP contribution in [0.3, 0.4) is 0 Å². The van der Waals surface area contributed by atoms with Crippen LogP contribution in [0, 0.1) is 0 Å². The van der Waals surface area contributed by atoms with E-state index in [0.717, 1.165) is 29.4 Å². The molecule has 1 aliphatic rings. The third-order valence-corrected chi connectivity index (χ3v) is 8.38. The van der Waals surface area contributed by atoms with Crippen molar-refractivity contribution in [2.24, 2.45) is 0 Å². The highest BCUT2D eigenvalue weighted by atomic mass is 32.2. The van der Waals surface area contributed by atoms with Gasteiger partial charge in [-0.3, -0.25) is 4.90 Å². The average molecular weight is 539 g/mol. The Morgan fingerprint density at radius 2 is 1.84 bits per heavy atom. The highest BCUT2D eigenvalue weighted by Gasteiger charge is 2.42. The Balaban J connectivity index is 1.57. The smallest absolute Gasteiger partial charge is 0.440 e. The van der Waals surface area contributed by atoms with Crippen molar-refractivity contribution in [1.82, 2.24) is 19.2 Å². The number of nitrogens with one attached hydrogen (secondary N) is 1. The molecule has 8 nitrogen and oxygen atoms in total. The van der Waals surface area contributed by atoms with Crippen molar-refractivity contribution in [3.8, 4) is 11.1 Å². The second kappa shape index (κ2) is 10.8. The Morgan fingerprint density at radius 3 is 2.43 bits per heavy atom. The molecular weight excluding hydrogens is 509 g/mol. The van der Waals surface area contributed by atoms with E-state index in [-0.39, 0.29) is 17.9 Å². The van der Waals surface area contributed by atoms with E-state index in [0.29, 0.717) is 31.0 Å². The van der Waals surface area contributed by atoms with Gasteiger partial charge in [0.15, 0.2) is 6.23 Å². The molecule has 0 amide bonds. The van der Waals surface area contributed by atoms with Crippen LogP contribution in [0.15, 0.2) is 47.5 Å². The number of nitrogens with zero attached hydrogens (tertiary/aromatic N) is 3. The molecule has 0 radical (unpaired) electrons. The molecule has 0 bridgehead atoms. The van der Waals surface area contributed by atoms with Gasteiger partial charge in [-0.05, 0) is 61.2 Å². The molecule has 1 fully saturated rings. The summed E-state index contributed by atoms with van der Waals surface area (Å²) in [6, 6.07) is 10.4. The molecule has 0 spiro atoms. The van der Waals surface area contributed by atoms with Gasteiger partial charge in [0, 0.05) is 36.9 Å². The van der Waals surface area contributed by atoms with Gasteiger partial charge in [0.1, 0.15) is 5.65 Å². The lowest BCUT2D eigenvalue weighted by molar-refractivity contribution is -0.213. The number of alkyl halides is 3. The molecule has 4 rings (SSSR count). The van der Waals surface area contributed by atoms with Gasteiger partial charge in [-0.15, -0.1) is 0 Å². The lowest BCUT2D eigenvalue weighted by atomic mass is 10.0. The number of hydrogen-bond acceptors (Lipinski definition) is 6. The number of pyridine rings is 1. The number of aromatic nitrogens is 2. The molecule has 12 heteroatoms. The second-order valence-corrected chi connectivity index (χ2v) is 10.8. The van der Waals surface area contributed by atoms with Crippen molar-refractivity contribution < 1.29 is 31.1 Å². The maximum atomic E-state index is 12.8. The van der Waals surface area contributed by atoms with Gasteiger partial charge in [0.2, 0.25) is 10.0 Å². The Hall–Kier alpha value is -2.96. The Bertz CT molecular complexity index is 1350. The van der Waals surface area contributed by atoms with Crippen LogP contribution in [0.25, 0.3) is 22.2 Å². The van der Waals surface area contributed by atoms with Gasteiger partial charge in [-0.25, -0.2) is 18.2 Å². The van der Waals surface area contributed by atoms with Crippen molar-refractivity contribution in [2.75, 3.05) is 19.6 Å². The SMILES string of the molecule is CCC(OC(=O)C(F)(F)F)N(CC)Cc1cc2c(-c3ccc(S(=O)(=O)N4CCCC4)cc3)ccnc2[nH]1. The first-order valence-corrected chi connectivity index (χ1v) is 13.6. The summed E-state index contributed by atoms with van der Waals surface area (Å²) >= 11 is 0. The van der Waals surface area contributed by atoms with Gasteiger partial charge in [-0.2, -0.15) is 17.5 Å². The lowest BCUT2D eigenvalue weighted by Gasteiger charge is -2.29. The molecule has 3 heterocycles. The standard InChI is InChI=1S/C25H29F3N4O4S/c1-3-22(36-24(33)25(26,27)28)31(4-2)16-18-15-21-20(11-12-29-23(21)30-18)17-7-9-19(10-8-17)37(34,35)32-13-5-6-14-32/h7-12,15,22H,3-6,13-14,16H2,1-2H3,(H,29,30). The van der Waals surface area contributed by atoms with Crippen LogP contribution in [-0.4, -0.2) is 65.6 Å². The summed E-state index contributed by atoms with van der Waals surface area (Å²) in [6.45, 7) is 5.05. The summed E-state index contributed by atoms with van der Waals surface area (Å²) in [7, 11) is -3.52. The predicted octanol–water partition coefficient (Wildman–Crippen LogP) is 4.68. The number of sulfonamides is 1. The van der Waals surface area contributed by atoms with Gasteiger partial charge >= 0.3 is 12.1 Å². The molecule has 1 atom stereocenters. The molecule has 200 valence electrons.